The van der Waals surface area contributed by atoms with E-state index in [9.17, 15) is 13.2 Å². The minimum Gasteiger partial charge on any atom is -0.493 e. The number of sulfonamides is 1. The molecule has 0 aromatic heterocycles. The second-order valence-electron chi connectivity index (χ2n) is 8.09. The van der Waals surface area contributed by atoms with Crippen molar-refractivity contribution in [2.24, 2.45) is 0 Å². The number of amides is 1. The Balaban J connectivity index is 1.90. The van der Waals surface area contributed by atoms with Crippen molar-refractivity contribution in [2.45, 2.75) is 20.4 Å². The van der Waals surface area contributed by atoms with Crippen molar-refractivity contribution in [1.82, 2.24) is 0 Å². The molecule has 0 atom stereocenters. The average molecular weight is 513 g/mol. The number of rotatable bonds is 6. The lowest BCUT2D eigenvalue weighted by Gasteiger charge is -2.33. The van der Waals surface area contributed by atoms with Gasteiger partial charge in [0, 0.05) is 22.3 Å². The Morgan fingerprint density at radius 3 is 2.29 bits per heavy atom. The van der Waals surface area contributed by atoms with Gasteiger partial charge in [-0.2, -0.15) is 0 Å². The summed E-state index contributed by atoms with van der Waals surface area (Å²) in [6, 6.07) is 17.5. The lowest BCUT2D eigenvalue weighted by atomic mass is 10.0. The number of benzene rings is 3. The third kappa shape index (κ3) is 4.59. The van der Waals surface area contributed by atoms with Gasteiger partial charge >= 0.3 is 0 Å². The van der Waals surface area contributed by atoms with Crippen LogP contribution < -0.4 is 19.1 Å². The lowest BCUT2D eigenvalue weighted by Crippen LogP contribution is -2.39. The van der Waals surface area contributed by atoms with Gasteiger partial charge in [-0.1, -0.05) is 48.0 Å². The highest BCUT2D eigenvalue weighted by Gasteiger charge is 2.40. The largest absolute Gasteiger partial charge is 0.493 e. The lowest BCUT2D eigenvalue weighted by molar-refractivity contribution is -0.112. The Hall–Kier alpha value is -3.49. The molecule has 1 N–H and O–H groups in total. The number of nitrogens with zero attached hydrogens (tertiary/aromatic N) is 1. The van der Waals surface area contributed by atoms with E-state index in [4.69, 9.17) is 21.1 Å². The van der Waals surface area contributed by atoms with Crippen LogP contribution in [0.1, 0.15) is 23.6 Å². The number of nitrogens with one attached hydrogen (secondary N) is 1. The fraction of sp³-hybridized carbons (Fsp3) is 0.192. The highest BCUT2D eigenvalue weighted by molar-refractivity contribution is 7.97. The molecule has 0 fully saturated rings. The Morgan fingerprint density at radius 1 is 0.971 bits per heavy atom. The first kappa shape index (κ1) is 24.6. The summed E-state index contributed by atoms with van der Waals surface area (Å²) in [6.45, 7) is 3.45. The van der Waals surface area contributed by atoms with Crippen molar-refractivity contribution in [1.29, 1.82) is 0 Å². The number of aryl methyl sites for hydroxylation is 1. The SMILES string of the molecule is COc1cc2c(cc1OC)N(Cc1ccccc1)S(=O)(=O)C(C(=O)Nc1cc(Cl)ccc1C)=C2C. The summed E-state index contributed by atoms with van der Waals surface area (Å²) in [5.74, 6) is 0.0659. The molecule has 182 valence electrons. The summed E-state index contributed by atoms with van der Waals surface area (Å²) in [7, 11) is -1.26. The number of allylic oxidation sites excluding steroid dienone is 1. The molecule has 0 radical (unpaired) electrons. The molecule has 0 spiro atoms. The average Bonchev–Trinajstić information content (AvgIpc) is 2.83. The van der Waals surface area contributed by atoms with Gasteiger partial charge in [-0.25, -0.2) is 8.42 Å². The number of hydrogen-bond acceptors (Lipinski definition) is 5. The maximum atomic E-state index is 13.9. The van der Waals surface area contributed by atoms with Crippen molar-refractivity contribution in [3.63, 3.8) is 0 Å². The van der Waals surface area contributed by atoms with Gasteiger partial charge in [0.2, 0.25) is 0 Å². The summed E-state index contributed by atoms with van der Waals surface area (Å²) < 4.78 is 40.0. The molecule has 7 nitrogen and oxygen atoms in total. The summed E-state index contributed by atoms with van der Waals surface area (Å²) in [5, 5.41) is 3.16. The number of carbonyl (C=O) groups is 1. The number of halogens is 1. The van der Waals surface area contributed by atoms with Crippen molar-refractivity contribution in [3.05, 3.63) is 87.3 Å². The third-order valence-electron chi connectivity index (χ3n) is 5.89. The highest BCUT2D eigenvalue weighted by atomic mass is 35.5. The van der Waals surface area contributed by atoms with E-state index in [1.54, 1.807) is 44.2 Å². The van der Waals surface area contributed by atoms with Crippen molar-refractivity contribution < 1.29 is 22.7 Å². The molecule has 0 aliphatic carbocycles. The van der Waals surface area contributed by atoms with E-state index in [0.717, 1.165) is 11.1 Å². The van der Waals surface area contributed by atoms with E-state index in [-0.39, 0.29) is 11.4 Å². The van der Waals surface area contributed by atoms with Crippen LogP contribution in [0.25, 0.3) is 5.57 Å². The number of fused-ring (bicyclic) bond motifs is 1. The summed E-state index contributed by atoms with van der Waals surface area (Å²) in [5.41, 5.74) is 3.22. The van der Waals surface area contributed by atoms with Gasteiger partial charge in [-0.05, 0) is 48.7 Å². The summed E-state index contributed by atoms with van der Waals surface area (Å²) in [6.07, 6.45) is 0. The van der Waals surface area contributed by atoms with Crippen LogP contribution in [-0.4, -0.2) is 28.5 Å². The van der Waals surface area contributed by atoms with Gasteiger partial charge in [-0.3, -0.25) is 9.10 Å². The van der Waals surface area contributed by atoms with Gasteiger partial charge < -0.3 is 14.8 Å². The molecule has 9 heteroatoms. The van der Waals surface area contributed by atoms with E-state index in [1.807, 2.05) is 30.3 Å². The number of carbonyl (C=O) groups excluding carboxylic acids is 1. The monoisotopic (exact) mass is 512 g/mol. The van der Waals surface area contributed by atoms with Crippen LogP contribution in [0.15, 0.2) is 65.6 Å². The number of methoxy groups -OCH3 is 2. The van der Waals surface area contributed by atoms with Crippen LogP contribution in [0.3, 0.4) is 0 Å². The first-order chi connectivity index (χ1) is 16.7. The van der Waals surface area contributed by atoms with Gasteiger partial charge in [0.05, 0.1) is 26.5 Å². The van der Waals surface area contributed by atoms with Gasteiger partial charge in [0.15, 0.2) is 16.4 Å². The molecular formula is C26H25ClN2O5S. The van der Waals surface area contributed by atoms with Crippen LogP contribution in [0, 0.1) is 6.92 Å². The molecule has 0 saturated carbocycles. The second kappa shape index (κ2) is 9.64. The first-order valence-corrected chi connectivity index (χ1v) is 12.6. The number of hydrogen-bond donors (Lipinski definition) is 1. The van der Waals surface area contributed by atoms with Crippen LogP contribution in [0.4, 0.5) is 11.4 Å². The zero-order chi connectivity index (χ0) is 25.3. The van der Waals surface area contributed by atoms with E-state index < -0.39 is 15.9 Å². The maximum absolute atomic E-state index is 13.9. The second-order valence-corrected chi connectivity index (χ2v) is 10.3. The number of anilines is 2. The van der Waals surface area contributed by atoms with Gasteiger partial charge in [-0.15, -0.1) is 0 Å². The summed E-state index contributed by atoms with van der Waals surface area (Å²) in [4.78, 5) is 13.1. The molecule has 0 bridgehead atoms. The molecule has 1 aliphatic rings. The standard InChI is InChI=1S/C26H25ClN2O5S/c1-16-10-11-19(27)12-21(16)28-26(30)25-17(2)20-13-23(33-3)24(34-4)14-22(20)29(35(25,31)32)15-18-8-6-5-7-9-18/h5-14H,15H2,1-4H3,(H,28,30). The Morgan fingerprint density at radius 2 is 1.63 bits per heavy atom. The third-order valence-corrected chi connectivity index (χ3v) is 8.03. The Kier molecular flexibility index (Phi) is 6.78. The molecule has 0 unspecified atom stereocenters. The highest BCUT2D eigenvalue weighted by Crippen LogP contribution is 2.45. The zero-order valence-corrected chi connectivity index (χ0v) is 21.3. The van der Waals surface area contributed by atoms with E-state index in [1.165, 1.54) is 18.5 Å². The van der Waals surface area contributed by atoms with E-state index in [2.05, 4.69) is 5.32 Å². The molecule has 1 heterocycles. The summed E-state index contributed by atoms with van der Waals surface area (Å²) >= 11 is 6.10. The number of ether oxygens (including phenoxy) is 2. The quantitative estimate of drug-likeness (QED) is 0.479. The predicted molar refractivity (Wildman–Crippen MR) is 139 cm³/mol. The topological polar surface area (TPSA) is 84.9 Å². The zero-order valence-electron chi connectivity index (χ0n) is 19.8. The molecule has 3 aromatic rings. The van der Waals surface area contributed by atoms with Crippen LogP contribution >= 0.6 is 11.6 Å². The fourth-order valence-corrected chi connectivity index (χ4v) is 5.95. The molecule has 4 rings (SSSR count). The Labute approximate surface area is 210 Å². The maximum Gasteiger partial charge on any atom is 0.270 e. The minimum atomic E-state index is -4.24. The fourth-order valence-electron chi connectivity index (χ4n) is 4.05. The Bertz CT molecular complexity index is 1440. The van der Waals surface area contributed by atoms with Crippen LogP contribution in [0.5, 0.6) is 11.5 Å². The minimum absolute atomic E-state index is 0.0336. The smallest absolute Gasteiger partial charge is 0.270 e. The molecule has 35 heavy (non-hydrogen) atoms. The molecule has 1 amide bonds. The van der Waals surface area contributed by atoms with E-state index in [0.29, 0.717) is 39.0 Å². The van der Waals surface area contributed by atoms with Crippen molar-refractivity contribution >= 4 is 44.5 Å². The van der Waals surface area contributed by atoms with E-state index >= 15 is 0 Å². The van der Waals surface area contributed by atoms with Crippen molar-refractivity contribution in [3.8, 4) is 11.5 Å². The van der Waals surface area contributed by atoms with Crippen molar-refractivity contribution in [2.75, 3.05) is 23.8 Å². The molecule has 1 aliphatic heterocycles. The molecule has 3 aromatic carbocycles. The van der Waals surface area contributed by atoms with Crippen LogP contribution in [0.2, 0.25) is 5.02 Å². The van der Waals surface area contributed by atoms with Crippen LogP contribution in [-0.2, 0) is 21.4 Å². The molecule has 0 saturated heterocycles. The van der Waals surface area contributed by atoms with Gasteiger partial charge in [0.25, 0.3) is 15.9 Å². The first-order valence-electron chi connectivity index (χ1n) is 10.8. The van der Waals surface area contributed by atoms with Gasteiger partial charge in [0.1, 0.15) is 0 Å². The normalized spacial score (nSPS) is 14.4. The molecular weight excluding hydrogens is 488 g/mol. The predicted octanol–water partition coefficient (Wildman–Crippen LogP) is 5.39.